The highest BCUT2D eigenvalue weighted by molar-refractivity contribution is 7.89. The van der Waals surface area contributed by atoms with Crippen LogP contribution in [0.15, 0.2) is 34.1 Å². The standard InChI is InChI=1S/C17H25N3O4S2/c1-19(2)25(21,22)16-9-11-17(12-10-16)26(23,24)20(14-6-13-18)15-7-4-3-5-8-15/h9-12,15H,3-8,14H2,1-2H3. The molecule has 0 bridgehead atoms. The first-order valence-corrected chi connectivity index (χ1v) is 11.5. The van der Waals surface area contributed by atoms with Crippen molar-refractivity contribution in [2.45, 2.75) is 54.4 Å². The molecule has 26 heavy (non-hydrogen) atoms. The van der Waals surface area contributed by atoms with Gasteiger partial charge in [0.25, 0.3) is 0 Å². The molecule has 0 saturated heterocycles. The second-order valence-electron chi connectivity index (χ2n) is 6.57. The third-order valence-electron chi connectivity index (χ3n) is 4.63. The maximum atomic E-state index is 13.1. The normalized spacial score (nSPS) is 16.7. The predicted molar refractivity (Wildman–Crippen MR) is 98.3 cm³/mol. The van der Waals surface area contributed by atoms with E-state index in [-0.39, 0.29) is 28.8 Å². The summed E-state index contributed by atoms with van der Waals surface area (Å²) in [6.45, 7) is 0.154. The summed E-state index contributed by atoms with van der Waals surface area (Å²) in [6, 6.07) is 7.18. The van der Waals surface area contributed by atoms with Crippen molar-refractivity contribution in [2.24, 2.45) is 0 Å². The molecule has 0 aromatic heterocycles. The number of sulfonamides is 2. The maximum Gasteiger partial charge on any atom is 0.243 e. The minimum Gasteiger partial charge on any atom is -0.207 e. The zero-order valence-corrected chi connectivity index (χ0v) is 16.8. The third-order valence-corrected chi connectivity index (χ3v) is 8.43. The van der Waals surface area contributed by atoms with Crippen LogP contribution < -0.4 is 0 Å². The Balaban J connectivity index is 2.35. The van der Waals surface area contributed by atoms with Crippen LogP contribution in [0.1, 0.15) is 38.5 Å². The largest absolute Gasteiger partial charge is 0.243 e. The second-order valence-corrected chi connectivity index (χ2v) is 10.6. The average Bonchev–Trinajstić information content (AvgIpc) is 2.62. The van der Waals surface area contributed by atoms with Crippen molar-refractivity contribution in [3.05, 3.63) is 24.3 Å². The monoisotopic (exact) mass is 399 g/mol. The van der Waals surface area contributed by atoms with Crippen LogP contribution in [0.3, 0.4) is 0 Å². The summed E-state index contributed by atoms with van der Waals surface area (Å²) < 4.78 is 53.0. The van der Waals surface area contributed by atoms with Crippen molar-refractivity contribution in [1.29, 1.82) is 5.26 Å². The van der Waals surface area contributed by atoms with E-state index in [1.54, 1.807) is 0 Å². The molecule has 0 aliphatic heterocycles. The van der Waals surface area contributed by atoms with Gasteiger partial charge in [0.05, 0.1) is 15.9 Å². The van der Waals surface area contributed by atoms with Gasteiger partial charge in [0.1, 0.15) is 0 Å². The summed E-state index contributed by atoms with van der Waals surface area (Å²) in [4.78, 5) is 0.0985. The fraction of sp³-hybridized carbons (Fsp3) is 0.588. The second kappa shape index (κ2) is 8.48. The van der Waals surface area contributed by atoms with Crippen LogP contribution in [0.5, 0.6) is 0 Å². The van der Waals surface area contributed by atoms with Crippen LogP contribution in [0.2, 0.25) is 0 Å². The third kappa shape index (κ3) is 4.43. The van der Waals surface area contributed by atoms with Gasteiger partial charge in [-0.25, -0.2) is 21.1 Å². The first-order valence-electron chi connectivity index (χ1n) is 8.62. The van der Waals surface area contributed by atoms with Gasteiger partial charge in [-0.05, 0) is 37.1 Å². The fourth-order valence-corrected chi connectivity index (χ4v) is 5.75. The molecule has 0 unspecified atom stereocenters. The SMILES string of the molecule is CN(C)S(=O)(=O)c1ccc(S(=O)(=O)N(CCC#N)C2CCCCC2)cc1. The molecule has 0 N–H and O–H groups in total. The molecule has 1 aromatic carbocycles. The molecular formula is C17H25N3O4S2. The quantitative estimate of drug-likeness (QED) is 0.700. The summed E-state index contributed by atoms with van der Waals surface area (Å²) in [5, 5.41) is 8.88. The van der Waals surface area contributed by atoms with Gasteiger partial charge in [-0.2, -0.15) is 9.57 Å². The van der Waals surface area contributed by atoms with Gasteiger partial charge >= 0.3 is 0 Å². The topological polar surface area (TPSA) is 98.6 Å². The van der Waals surface area contributed by atoms with Crippen molar-refractivity contribution < 1.29 is 16.8 Å². The van der Waals surface area contributed by atoms with E-state index in [0.717, 1.165) is 36.4 Å². The molecule has 0 radical (unpaired) electrons. The van der Waals surface area contributed by atoms with Crippen molar-refractivity contribution >= 4 is 20.0 Å². The Morgan fingerprint density at radius 2 is 1.46 bits per heavy atom. The summed E-state index contributed by atoms with van der Waals surface area (Å²) in [6.07, 6.45) is 4.75. The summed E-state index contributed by atoms with van der Waals surface area (Å²) in [5.74, 6) is 0. The minimum absolute atomic E-state index is 0.0442. The van der Waals surface area contributed by atoms with Crippen LogP contribution in [-0.2, 0) is 20.0 Å². The van der Waals surface area contributed by atoms with Crippen molar-refractivity contribution in [1.82, 2.24) is 8.61 Å². The highest BCUT2D eigenvalue weighted by Crippen LogP contribution is 2.28. The van der Waals surface area contributed by atoms with Crippen molar-refractivity contribution in [3.63, 3.8) is 0 Å². The molecule has 1 saturated carbocycles. The minimum atomic E-state index is -3.78. The number of benzene rings is 1. The fourth-order valence-electron chi connectivity index (χ4n) is 3.16. The Bertz CT molecular complexity index is 850. The zero-order valence-electron chi connectivity index (χ0n) is 15.1. The van der Waals surface area contributed by atoms with Crippen LogP contribution in [0.4, 0.5) is 0 Å². The average molecular weight is 400 g/mol. The van der Waals surface area contributed by atoms with E-state index in [1.165, 1.54) is 42.7 Å². The Kier molecular flexibility index (Phi) is 6.80. The molecule has 1 aliphatic carbocycles. The molecule has 7 nitrogen and oxygen atoms in total. The maximum absolute atomic E-state index is 13.1. The predicted octanol–water partition coefficient (Wildman–Crippen LogP) is 2.17. The van der Waals surface area contributed by atoms with Gasteiger partial charge < -0.3 is 0 Å². The molecule has 9 heteroatoms. The van der Waals surface area contributed by atoms with Gasteiger partial charge in [0, 0.05) is 33.1 Å². The lowest BCUT2D eigenvalue weighted by Crippen LogP contribution is -2.42. The molecule has 0 atom stereocenters. The van der Waals surface area contributed by atoms with E-state index in [0.29, 0.717) is 0 Å². The van der Waals surface area contributed by atoms with Gasteiger partial charge in [-0.1, -0.05) is 19.3 Å². The Labute approximate surface area is 156 Å². The lowest BCUT2D eigenvalue weighted by molar-refractivity contribution is 0.256. The smallest absolute Gasteiger partial charge is 0.207 e. The summed E-state index contributed by atoms with van der Waals surface area (Å²) in [5.41, 5.74) is 0. The van der Waals surface area contributed by atoms with E-state index in [4.69, 9.17) is 5.26 Å². The summed E-state index contributed by atoms with van der Waals surface area (Å²) in [7, 11) is -4.55. The molecule has 144 valence electrons. The number of nitriles is 1. The van der Waals surface area contributed by atoms with E-state index in [1.807, 2.05) is 6.07 Å². The Morgan fingerprint density at radius 1 is 0.962 bits per heavy atom. The Morgan fingerprint density at radius 3 is 1.92 bits per heavy atom. The van der Waals surface area contributed by atoms with Gasteiger partial charge in [-0.3, -0.25) is 0 Å². The molecule has 0 spiro atoms. The first-order chi connectivity index (χ1) is 12.2. The van der Waals surface area contributed by atoms with E-state index < -0.39 is 20.0 Å². The number of rotatable bonds is 7. The molecular weight excluding hydrogens is 374 g/mol. The summed E-state index contributed by atoms with van der Waals surface area (Å²) >= 11 is 0. The van der Waals surface area contributed by atoms with Crippen LogP contribution >= 0.6 is 0 Å². The molecule has 2 rings (SSSR count). The number of nitrogens with zero attached hydrogens (tertiary/aromatic N) is 3. The van der Waals surface area contributed by atoms with Gasteiger partial charge in [0.15, 0.2) is 0 Å². The van der Waals surface area contributed by atoms with E-state index in [2.05, 4.69) is 0 Å². The zero-order chi connectivity index (χ0) is 19.4. The highest BCUT2D eigenvalue weighted by atomic mass is 32.2. The molecule has 1 aliphatic rings. The van der Waals surface area contributed by atoms with Gasteiger partial charge in [-0.15, -0.1) is 0 Å². The Hall–Kier alpha value is -1.47. The van der Waals surface area contributed by atoms with Crippen molar-refractivity contribution in [2.75, 3.05) is 20.6 Å². The molecule has 1 fully saturated rings. The number of hydrogen-bond acceptors (Lipinski definition) is 5. The first kappa shape index (κ1) is 20.8. The molecule has 0 heterocycles. The molecule has 0 amide bonds. The lowest BCUT2D eigenvalue weighted by Gasteiger charge is -2.33. The molecule has 1 aromatic rings. The van der Waals surface area contributed by atoms with Crippen LogP contribution in [0.25, 0.3) is 0 Å². The van der Waals surface area contributed by atoms with Crippen molar-refractivity contribution in [3.8, 4) is 6.07 Å². The lowest BCUT2D eigenvalue weighted by atomic mass is 9.95. The highest BCUT2D eigenvalue weighted by Gasteiger charge is 2.32. The van der Waals surface area contributed by atoms with Gasteiger partial charge in [0.2, 0.25) is 20.0 Å². The number of hydrogen-bond donors (Lipinski definition) is 0. The van der Waals surface area contributed by atoms with Crippen LogP contribution in [0, 0.1) is 11.3 Å². The van der Waals surface area contributed by atoms with Crippen LogP contribution in [-0.4, -0.2) is 52.1 Å². The van der Waals surface area contributed by atoms with E-state index in [9.17, 15) is 16.8 Å². The van der Waals surface area contributed by atoms with E-state index >= 15 is 0 Å².